The fraction of sp³-hybridized carbons (Fsp3) is 1.00. The molecule has 5 heteroatoms. The van der Waals surface area contributed by atoms with Crippen LogP contribution in [-0.4, -0.2) is 59.6 Å². The van der Waals surface area contributed by atoms with Gasteiger partial charge in [0.15, 0.2) is 0 Å². The number of hydrogen-bond donors (Lipinski definition) is 0. The molecule has 1 saturated heterocycles. The number of ether oxygens (including phenoxy) is 5. The lowest BCUT2D eigenvalue weighted by molar-refractivity contribution is -0.116. The van der Waals surface area contributed by atoms with E-state index in [0.717, 1.165) is 6.61 Å². The summed E-state index contributed by atoms with van der Waals surface area (Å²) in [6, 6.07) is 0. The highest BCUT2D eigenvalue weighted by molar-refractivity contribution is 4.67. The van der Waals surface area contributed by atoms with E-state index in [1.165, 1.54) is 0 Å². The van der Waals surface area contributed by atoms with Crippen molar-refractivity contribution in [1.29, 1.82) is 0 Å². The van der Waals surface area contributed by atoms with Gasteiger partial charge >= 0.3 is 0 Å². The fourth-order valence-electron chi connectivity index (χ4n) is 0.990. The molecule has 1 aliphatic heterocycles. The van der Waals surface area contributed by atoms with Crippen LogP contribution in [0.25, 0.3) is 0 Å². The zero-order valence-electron chi connectivity index (χ0n) is 8.73. The first-order valence-electron chi connectivity index (χ1n) is 4.65. The lowest BCUT2D eigenvalue weighted by Gasteiger charge is -2.16. The third-order valence-electron chi connectivity index (χ3n) is 1.78. The van der Waals surface area contributed by atoms with Crippen LogP contribution < -0.4 is 0 Å². The maximum absolute atomic E-state index is 5.38. The molecule has 84 valence electrons. The summed E-state index contributed by atoms with van der Waals surface area (Å²) in [6.07, 6.45) is 0.222. The molecule has 0 spiro atoms. The molecule has 1 aliphatic rings. The normalized spacial score (nSPS) is 22.3. The molecule has 14 heavy (non-hydrogen) atoms. The maximum Gasteiger partial charge on any atom is 0.146 e. The quantitative estimate of drug-likeness (QED) is 0.394. The molecule has 0 saturated carbocycles. The number of rotatable bonds is 9. The van der Waals surface area contributed by atoms with E-state index in [9.17, 15) is 0 Å². The fourth-order valence-corrected chi connectivity index (χ4v) is 0.990. The van der Waals surface area contributed by atoms with E-state index in [-0.39, 0.29) is 12.9 Å². The van der Waals surface area contributed by atoms with Gasteiger partial charge in [0.25, 0.3) is 0 Å². The molecule has 0 aliphatic carbocycles. The van der Waals surface area contributed by atoms with Gasteiger partial charge in [-0.25, -0.2) is 0 Å². The topological polar surface area (TPSA) is 49.5 Å². The van der Waals surface area contributed by atoms with Crippen molar-refractivity contribution in [2.75, 3.05) is 47.4 Å². The highest BCUT2D eigenvalue weighted by atomic mass is 16.7. The summed E-state index contributed by atoms with van der Waals surface area (Å²) in [4.78, 5) is 0. The zero-order chi connectivity index (χ0) is 10.2. The van der Waals surface area contributed by atoms with Gasteiger partial charge in [-0.1, -0.05) is 0 Å². The van der Waals surface area contributed by atoms with Gasteiger partial charge in [0.05, 0.1) is 26.4 Å². The number of hydrogen-bond acceptors (Lipinski definition) is 5. The third kappa shape index (κ3) is 5.51. The van der Waals surface area contributed by atoms with Gasteiger partial charge in [-0.15, -0.1) is 0 Å². The minimum Gasteiger partial charge on any atom is -0.382 e. The van der Waals surface area contributed by atoms with Gasteiger partial charge in [0.1, 0.15) is 19.0 Å². The van der Waals surface area contributed by atoms with E-state index in [2.05, 4.69) is 0 Å². The Hall–Kier alpha value is -0.200. The van der Waals surface area contributed by atoms with Crippen LogP contribution in [-0.2, 0) is 23.7 Å². The Morgan fingerprint density at radius 2 is 2.07 bits per heavy atom. The molecular formula is C9H18O5. The molecule has 2 atom stereocenters. The standard InChI is InChI=1S/C9H18O5/c1-10-3-8(14-7-11-2)4-12-5-9-6-13-9/h8-9H,3-7H2,1-2H3. The van der Waals surface area contributed by atoms with Crippen molar-refractivity contribution in [3.05, 3.63) is 0 Å². The highest BCUT2D eigenvalue weighted by Gasteiger charge is 2.23. The molecule has 0 aromatic heterocycles. The summed E-state index contributed by atoms with van der Waals surface area (Å²) in [7, 11) is 3.22. The SMILES string of the molecule is COCOC(COC)COCC1CO1. The molecule has 5 nitrogen and oxygen atoms in total. The summed E-state index contributed by atoms with van der Waals surface area (Å²) in [5.74, 6) is 0. The molecule has 1 rings (SSSR count). The number of methoxy groups -OCH3 is 2. The van der Waals surface area contributed by atoms with Crippen LogP contribution in [0.1, 0.15) is 0 Å². The summed E-state index contributed by atoms with van der Waals surface area (Å²) in [5.41, 5.74) is 0. The van der Waals surface area contributed by atoms with Gasteiger partial charge < -0.3 is 23.7 Å². The van der Waals surface area contributed by atoms with Gasteiger partial charge in [0.2, 0.25) is 0 Å². The molecule has 0 radical (unpaired) electrons. The van der Waals surface area contributed by atoms with Crippen molar-refractivity contribution in [2.45, 2.75) is 12.2 Å². The monoisotopic (exact) mass is 206 g/mol. The van der Waals surface area contributed by atoms with Crippen molar-refractivity contribution in [3.63, 3.8) is 0 Å². The van der Waals surface area contributed by atoms with Gasteiger partial charge in [-0.3, -0.25) is 0 Å². The van der Waals surface area contributed by atoms with E-state index in [4.69, 9.17) is 23.7 Å². The smallest absolute Gasteiger partial charge is 0.146 e. The first-order chi connectivity index (χ1) is 6.86. The Morgan fingerprint density at radius 3 is 2.64 bits per heavy atom. The van der Waals surface area contributed by atoms with Crippen molar-refractivity contribution in [3.8, 4) is 0 Å². The third-order valence-corrected chi connectivity index (χ3v) is 1.78. The molecule has 0 N–H and O–H groups in total. The predicted octanol–water partition coefficient (Wildman–Crippen LogP) is 0.0373. The van der Waals surface area contributed by atoms with Crippen molar-refractivity contribution in [2.24, 2.45) is 0 Å². The van der Waals surface area contributed by atoms with E-state index in [1.54, 1.807) is 14.2 Å². The molecular weight excluding hydrogens is 188 g/mol. The van der Waals surface area contributed by atoms with Crippen LogP contribution in [0.3, 0.4) is 0 Å². The minimum absolute atomic E-state index is 0.0706. The molecule has 2 unspecified atom stereocenters. The van der Waals surface area contributed by atoms with Crippen LogP contribution in [0, 0.1) is 0 Å². The molecule has 0 bridgehead atoms. The molecule has 1 fully saturated rings. The summed E-state index contributed by atoms with van der Waals surface area (Å²) in [6.45, 7) is 2.73. The first-order valence-corrected chi connectivity index (χ1v) is 4.65. The van der Waals surface area contributed by atoms with Crippen LogP contribution in [0.5, 0.6) is 0 Å². The Morgan fingerprint density at radius 1 is 1.29 bits per heavy atom. The molecule has 0 aromatic rings. The Kier molecular flexibility index (Phi) is 6.05. The second-order valence-corrected chi connectivity index (χ2v) is 3.14. The summed E-state index contributed by atoms with van der Waals surface area (Å²) < 4.78 is 25.5. The van der Waals surface area contributed by atoms with Crippen LogP contribution >= 0.6 is 0 Å². The van der Waals surface area contributed by atoms with E-state index in [1.807, 2.05) is 0 Å². The average molecular weight is 206 g/mol. The molecule has 0 aromatic carbocycles. The zero-order valence-corrected chi connectivity index (χ0v) is 8.73. The van der Waals surface area contributed by atoms with Crippen molar-refractivity contribution < 1.29 is 23.7 Å². The molecule has 0 amide bonds. The largest absolute Gasteiger partial charge is 0.382 e. The predicted molar refractivity (Wildman–Crippen MR) is 49.2 cm³/mol. The van der Waals surface area contributed by atoms with Crippen LogP contribution in [0.15, 0.2) is 0 Å². The van der Waals surface area contributed by atoms with E-state index >= 15 is 0 Å². The van der Waals surface area contributed by atoms with Gasteiger partial charge in [-0.2, -0.15) is 0 Å². The lowest BCUT2D eigenvalue weighted by Crippen LogP contribution is -2.26. The lowest BCUT2D eigenvalue weighted by atomic mass is 10.4. The second-order valence-electron chi connectivity index (χ2n) is 3.14. The highest BCUT2D eigenvalue weighted by Crippen LogP contribution is 2.08. The van der Waals surface area contributed by atoms with Crippen LogP contribution in [0.2, 0.25) is 0 Å². The maximum atomic E-state index is 5.38. The Labute approximate surface area is 84.2 Å². The molecule has 1 heterocycles. The van der Waals surface area contributed by atoms with Crippen molar-refractivity contribution >= 4 is 0 Å². The number of epoxide rings is 1. The van der Waals surface area contributed by atoms with Crippen LogP contribution in [0.4, 0.5) is 0 Å². The Bertz CT molecular complexity index is 137. The average Bonchev–Trinajstić information content (AvgIpc) is 2.98. The van der Waals surface area contributed by atoms with Gasteiger partial charge in [-0.05, 0) is 0 Å². The minimum atomic E-state index is -0.0706. The second kappa shape index (κ2) is 7.14. The van der Waals surface area contributed by atoms with Crippen molar-refractivity contribution in [1.82, 2.24) is 0 Å². The van der Waals surface area contributed by atoms with E-state index in [0.29, 0.717) is 25.9 Å². The summed E-state index contributed by atoms with van der Waals surface area (Å²) in [5, 5.41) is 0. The Balaban J connectivity index is 1.99. The van der Waals surface area contributed by atoms with E-state index < -0.39 is 0 Å². The first kappa shape index (κ1) is 11.9. The summed E-state index contributed by atoms with van der Waals surface area (Å²) >= 11 is 0. The van der Waals surface area contributed by atoms with Gasteiger partial charge in [0, 0.05) is 14.2 Å².